The third-order valence-electron chi connectivity index (χ3n) is 4.32. The van der Waals surface area contributed by atoms with Crippen molar-refractivity contribution in [3.8, 4) is 6.07 Å². The maximum atomic E-state index is 14.3. The van der Waals surface area contributed by atoms with E-state index in [-0.39, 0.29) is 24.7 Å². The molecule has 0 aliphatic carbocycles. The zero-order valence-corrected chi connectivity index (χ0v) is 14.8. The predicted molar refractivity (Wildman–Crippen MR) is 92.3 cm³/mol. The van der Waals surface area contributed by atoms with Gasteiger partial charge in [-0.15, -0.1) is 0 Å². The number of carbonyl (C=O) groups excluding carboxylic acids is 1. The van der Waals surface area contributed by atoms with Crippen molar-refractivity contribution < 1.29 is 22.7 Å². The zero-order valence-electron chi connectivity index (χ0n) is 14.8. The first-order valence-electron chi connectivity index (χ1n) is 8.33. The summed E-state index contributed by atoms with van der Waals surface area (Å²) in [5.74, 6) is -1.71. The van der Waals surface area contributed by atoms with E-state index in [1.165, 1.54) is 18.3 Å². The fourth-order valence-corrected chi connectivity index (χ4v) is 2.90. The van der Waals surface area contributed by atoms with E-state index < -0.39 is 36.0 Å². The SMILES string of the molecule is Cc1cc(C#N)cnc1C(=O)Nc1ccc(F)c([C@]2(C(F)F)COCCN2)n1. The molecule has 28 heavy (non-hydrogen) atoms. The number of amides is 1. The third-order valence-corrected chi connectivity index (χ3v) is 4.32. The monoisotopic (exact) mass is 391 g/mol. The Kier molecular flexibility index (Phi) is 5.58. The van der Waals surface area contributed by atoms with E-state index in [4.69, 9.17) is 10.00 Å². The smallest absolute Gasteiger partial charge is 0.275 e. The number of morpholine rings is 1. The summed E-state index contributed by atoms with van der Waals surface area (Å²) in [6.45, 7) is 1.47. The highest BCUT2D eigenvalue weighted by molar-refractivity contribution is 6.03. The lowest BCUT2D eigenvalue weighted by atomic mass is 9.94. The number of hydrogen-bond donors (Lipinski definition) is 2. The van der Waals surface area contributed by atoms with Gasteiger partial charge in [0.15, 0.2) is 0 Å². The highest BCUT2D eigenvalue weighted by Gasteiger charge is 2.47. The van der Waals surface area contributed by atoms with Gasteiger partial charge in [-0.2, -0.15) is 5.26 Å². The molecule has 0 saturated carbocycles. The molecule has 1 fully saturated rings. The van der Waals surface area contributed by atoms with Crippen LogP contribution >= 0.6 is 0 Å². The summed E-state index contributed by atoms with van der Waals surface area (Å²) in [7, 11) is 0. The molecule has 3 heterocycles. The van der Waals surface area contributed by atoms with Gasteiger partial charge in [-0.25, -0.2) is 23.1 Å². The Labute approximate surface area is 158 Å². The van der Waals surface area contributed by atoms with E-state index >= 15 is 0 Å². The molecule has 0 unspecified atom stereocenters. The fourth-order valence-electron chi connectivity index (χ4n) is 2.90. The Morgan fingerprint density at radius 1 is 1.46 bits per heavy atom. The van der Waals surface area contributed by atoms with Crippen LogP contribution in [0.5, 0.6) is 0 Å². The van der Waals surface area contributed by atoms with E-state index in [9.17, 15) is 18.0 Å². The van der Waals surface area contributed by atoms with E-state index in [0.717, 1.165) is 6.07 Å². The number of alkyl halides is 2. The molecule has 2 aromatic rings. The van der Waals surface area contributed by atoms with Crippen LogP contribution in [0, 0.1) is 24.1 Å². The zero-order chi connectivity index (χ0) is 20.3. The number of aryl methyl sites for hydroxylation is 1. The van der Waals surface area contributed by atoms with Crippen molar-refractivity contribution in [1.82, 2.24) is 15.3 Å². The Hall–Kier alpha value is -3.03. The van der Waals surface area contributed by atoms with Gasteiger partial charge in [0.1, 0.15) is 34.6 Å². The molecule has 7 nitrogen and oxygen atoms in total. The van der Waals surface area contributed by atoms with Crippen molar-refractivity contribution in [3.63, 3.8) is 0 Å². The summed E-state index contributed by atoms with van der Waals surface area (Å²) in [5, 5.41) is 13.9. The van der Waals surface area contributed by atoms with E-state index in [1.807, 2.05) is 6.07 Å². The van der Waals surface area contributed by atoms with Crippen LogP contribution in [0.1, 0.15) is 27.3 Å². The van der Waals surface area contributed by atoms with E-state index in [2.05, 4.69) is 20.6 Å². The summed E-state index contributed by atoms with van der Waals surface area (Å²) in [4.78, 5) is 20.3. The van der Waals surface area contributed by atoms with Gasteiger partial charge in [0, 0.05) is 12.7 Å². The lowest BCUT2D eigenvalue weighted by Gasteiger charge is -2.37. The maximum absolute atomic E-state index is 14.3. The van der Waals surface area contributed by atoms with Crippen molar-refractivity contribution in [1.29, 1.82) is 5.26 Å². The molecule has 1 aliphatic heterocycles. The summed E-state index contributed by atoms with van der Waals surface area (Å²) in [6.07, 6.45) is -1.75. The van der Waals surface area contributed by atoms with Crippen LogP contribution in [0.3, 0.4) is 0 Å². The second-order valence-corrected chi connectivity index (χ2v) is 6.23. The van der Waals surface area contributed by atoms with E-state index in [0.29, 0.717) is 11.1 Å². The number of nitrogens with one attached hydrogen (secondary N) is 2. The number of nitriles is 1. The number of carbonyl (C=O) groups is 1. The van der Waals surface area contributed by atoms with Crippen molar-refractivity contribution in [3.05, 3.63) is 52.7 Å². The minimum Gasteiger partial charge on any atom is -0.378 e. The number of pyridine rings is 2. The summed E-state index contributed by atoms with van der Waals surface area (Å²) < 4.78 is 46.9. The first kappa shape index (κ1) is 19.7. The van der Waals surface area contributed by atoms with Crippen LogP contribution in [0.4, 0.5) is 19.0 Å². The molecule has 146 valence electrons. The summed E-state index contributed by atoms with van der Waals surface area (Å²) >= 11 is 0. The molecule has 0 aromatic carbocycles. The molecule has 1 atom stereocenters. The molecular formula is C18H16F3N5O2. The molecule has 10 heteroatoms. The molecule has 0 radical (unpaired) electrons. The van der Waals surface area contributed by atoms with Crippen LogP contribution in [0.25, 0.3) is 0 Å². The lowest BCUT2D eigenvalue weighted by molar-refractivity contribution is -0.0658. The molecule has 0 spiro atoms. The van der Waals surface area contributed by atoms with Gasteiger partial charge in [-0.1, -0.05) is 0 Å². The normalized spacial score (nSPS) is 19.3. The first-order chi connectivity index (χ1) is 13.4. The van der Waals surface area contributed by atoms with Gasteiger partial charge in [0.05, 0.1) is 18.8 Å². The number of halogens is 3. The lowest BCUT2D eigenvalue weighted by Crippen LogP contribution is -2.57. The van der Waals surface area contributed by atoms with Crippen molar-refractivity contribution >= 4 is 11.7 Å². The van der Waals surface area contributed by atoms with Crippen LogP contribution in [-0.2, 0) is 10.3 Å². The maximum Gasteiger partial charge on any atom is 0.275 e. The molecule has 2 N–H and O–H groups in total. The van der Waals surface area contributed by atoms with Crippen molar-refractivity contribution in [2.45, 2.75) is 18.9 Å². The number of nitrogens with zero attached hydrogens (tertiary/aromatic N) is 3. The summed E-state index contributed by atoms with van der Waals surface area (Å²) in [5.41, 5.74) is -1.87. The third kappa shape index (κ3) is 3.67. The Bertz CT molecular complexity index is 939. The number of rotatable bonds is 4. The first-order valence-corrected chi connectivity index (χ1v) is 8.33. The highest BCUT2D eigenvalue weighted by Crippen LogP contribution is 2.32. The van der Waals surface area contributed by atoms with Gasteiger partial charge in [-0.3, -0.25) is 10.1 Å². The van der Waals surface area contributed by atoms with Gasteiger partial charge in [0.2, 0.25) is 0 Å². The molecule has 1 amide bonds. The average molecular weight is 391 g/mol. The van der Waals surface area contributed by atoms with Crippen LogP contribution in [-0.4, -0.2) is 42.1 Å². The van der Waals surface area contributed by atoms with Crippen LogP contribution in [0.15, 0.2) is 24.4 Å². The second kappa shape index (κ2) is 7.92. The number of aromatic nitrogens is 2. The molecule has 1 aliphatic rings. The van der Waals surface area contributed by atoms with Gasteiger partial charge < -0.3 is 10.1 Å². The fraction of sp³-hybridized carbons (Fsp3) is 0.333. The van der Waals surface area contributed by atoms with Gasteiger partial charge in [0.25, 0.3) is 12.3 Å². The van der Waals surface area contributed by atoms with Crippen molar-refractivity contribution in [2.75, 3.05) is 25.1 Å². The molecule has 0 bridgehead atoms. The number of hydrogen-bond acceptors (Lipinski definition) is 6. The van der Waals surface area contributed by atoms with Crippen LogP contribution < -0.4 is 10.6 Å². The largest absolute Gasteiger partial charge is 0.378 e. The molecule has 2 aromatic heterocycles. The molecule has 1 saturated heterocycles. The minimum absolute atomic E-state index is 0.0365. The molecule has 3 rings (SSSR count). The average Bonchev–Trinajstić information content (AvgIpc) is 2.69. The van der Waals surface area contributed by atoms with Crippen molar-refractivity contribution in [2.24, 2.45) is 0 Å². The highest BCUT2D eigenvalue weighted by atomic mass is 19.3. The second-order valence-electron chi connectivity index (χ2n) is 6.23. The number of ether oxygens (including phenoxy) is 1. The summed E-state index contributed by atoms with van der Waals surface area (Å²) in [6, 6.07) is 5.52. The quantitative estimate of drug-likeness (QED) is 0.828. The van der Waals surface area contributed by atoms with Gasteiger partial charge in [-0.05, 0) is 30.7 Å². The topological polar surface area (TPSA) is 99.9 Å². The standard InChI is InChI=1S/C18H16F3N5O2/c1-10-6-11(7-22)8-23-14(10)16(27)26-13-3-2-12(19)15(25-13)18(17(20)21)9-28-5-4-24-18/h2-3,6,8,17,24H,4-5,9H2,1H3,(H,25,26,27)/t18-/m0/s1. The minimum atomic E-state index is -2.98. The van der Waals surface area contributed by atoms with Gasteiger partial charge >= 0.3 is 0 Å². The Morgan fingerprint density at radius 3 is 2.86 bits per heavy atom. The Morgan fingerprint density at radius 2 is 2.25 bits per heavy atom. The predicted octanol–water partition coefficient (Wildman–Crippen LogP) is 2.13. The molecular weight excluding hydrogens is 375 g/mol. The Balaban J connectivity index is 1.91. The van der Waals surface area contributed by atoms with Crippen LogP contribution in [0.2, 0.25) is 0 Å². The number of anilines is 1. The van der Waals surface area contributed by atoms with E-state index in [1.54, 1.807) is 6.92 Å².